The standard InChI is InChI=1S/C14H16F2O/c1-4-10(5-2)8-12(17)11-7-6-9(3)13(15)14(11)16/h6-8H,4-5H2,1-3H3. The van der Waals surface area contributed by atoms with Gasteiger partial charge in [0, 0.05) is 0 Å². The molecule has 0 N–H and O–H groups in total. The molecule has 0 heterocycles. The molecule has 0 radical (unpaired) electrons. The maximum atomic E-state index is 13.5. The smallest absolute Gasteiger partial charge is 0.188 e. The summed E-state index contributed by atoms with van der Waals surface area (Å²) in [7, 11) is 0. The Morgan fingerprint density at radius 2 is 1.76 bits per heavy atom. The van der Waals surface area contributed by atoms with Gasteiger partial charge in [0.05, 0.1) is 5.56 Å². The molecule has 0 saturated carbocycles. The lowest BCUT2D eigenvalue weighted by atomic mass is 10.0. The number of carbonyl (C=O) groups excluding carboxylic acids is 1. The maximum Gasteiger partial charge on any atom is 0.188 e. The largest absolute Gasteiger partial charge is 0.289 e. The minimum Gasteiger partial charge on any atom is -0.289 e. The van der Waals surface area contributed by atoms with Crippen LogP contribution in [0.4, 0.5) is 8.78 Å². The lowest BCUT2D eigenvalue weighted by molar-refractivity contribution is 0.104. The number of halogens is 2. The number of rotatable bonds is 4. The number of benzene rings is 1. The number of allylic oxidation sites excluding steroid dienone is 2. The van der Waals surface area contributed by atoms with Gasteiger partial charge < -0.3 is 0 Å². The molecule has 0 aliphatic carbocycles. The number of hydrogen-bond donors (Lipinski definition) is 0. The monoisotopic (exact) mass is 238 g/mol. The second kappa shape index (κ2) is 5.71. The number of aryl methyl sites for hydroxylation is 1. The molecule has 0 aliphatic heterocycles. The minimum absolute atomic E-state index is 0.201. The van der Waals surface area contributed by atoms with E-state index in [0.29, 0.717) is 0 Å². The van der Waals surface area contributed by atoms with Crippen LogP contribution in [0.15, 0.2) is 23.8 Å². The van der Waals surface area contributed by atoms with Crippen LogP contribution in [0.25, 0.3) is 0 Å². The highest BCUT2D eigenvalue weighted by atomic mass is 19.2. The molecule has 92 valence electrons. The Hall–Kier alpha value is -1.51. The number of hydrogen-bond acceptors (Lipinski definition) is 1. The zero-order chi connectivity index (χ0) is 13.0. The second-order valence-corrected chi connectivity index (χ2v) is 3.93. The lowest BCUT2D eigenvalue weighted by Crippen LogP contribution is -2.03. The Morgan fingerprint density at radius 3 is 2.29 bits per heavy atom. The van der Waals surface area contributed by atoms with Gasteiger partial charge in [0.2, 0.25) is 0 Å². The maximum absolute atomic E-state index is 13.5. The fourth-order valence-electron chi connectivity index (χ4n) is 1.55. The zero-order valence-electron chi connectivity index (χ0n) is 10.3. The van der Waals surface area contributed by atoms with E-state index in [1.54, 1.807) is 0 Å². The van der Waals surface area contributed by atoms with E-state index >= 15 is 0 Å². The van der Waals surface area contributed by atoms with Crippen molar-refractivity contribution in [3.8, 4) is 0 Å². The van der Waals surface area contributed by atoms with Crippen molar-refractivity contribution in [2.45, 2.75) is 33.6 Å². The second-order valence-electron chi connectivity index (χ2n) is 3.93. The zero-order valence-corrected chi connectivity index (χ0v) is 10.3. The van der Waals surface area contributed by atoms with Gasteiger partial charge in [-0.2, -0.15) is 0 Å². The third kappa shape index (κ3) is 2.99. The van der Waals surface area contributed by atoms with E-state index in [9.17, 15) is 13.6 Å². The molecule has 0 saturated heterocycles. The van der Waals surface area contributed by atoms with Gasteiger partial charge in [-0.25, -0.2) is 8.78 Å². The van der Waals surface area contributed by atoms with Crippen molar-refractivity contribution >= 4 is 5.78 Å². The highest BCUT2D eigenvalue weighted by molar-refractivity contribution is 6.05. The SMILES string of the molecule is CCC(=CC(=O)c1ccc(C)c(F)c1F)CC. The quantitative estimate of drug-likeness (QED) is 0.567. The summed E-state index contributed by atoms with van der Waals surface area (Å²) in [6.07, 6.45) is 2.86. The van der Waals surface area contributed by atoms with Crippen LogP contribution in [0.3, 0.4) is 0 Å². The normalized spacial score (nSPS) is 10.2. The van der Waals surface area contributed by atoms with Crippen LogP contribution < -0.4 is 0 Å². The van der Waals surface area contributed by atoms with E-state index in [1.807, 2.05) is 13.8 Å². The van der Waals surface area contributed by atoms with Gasteiger partial charge in [-0.3, -0.25) is 4.79 Å². The molecule has 0 aromatic heterocycles. The molecular weight excluding hydrogens is 222 g/mol. The van der Waals surface area contributed by atoms with Gasteiger partial charge in [-0.05, 0) is 37.5 Å². The van der Waals surface area contributed by atoms with Crippen molar-refractivity contribution in [1.29, 1.82) is 0 Å². The molecule has 0 fully saturated rings. The van der Waals surface area contributed by atoms with Crippen molar-refractivity contribution in [3.05, 3.63) is 46.5 Å². The Morgan fingerprint density at radius 1 is 1.18 bits per heavy atom. The number of ketones is 1. The Bertz CT molecular complexity index is 456. The summed E-state index contributed by atoms with van der Waals surface area (Å²) >= 11 is 0. The van der Waals surface area contributed by atoms with Gasteiger partial charge >= 0.3 is 0 Å². The Labute approximate surface area is 100 Å². The van der Waals surface area contributed by atoms with Crippen LogP contribution in [-0.2, 0) is 0 Å². The topological polar surface area (TPSA) is 17.1 Å². The number of carbonyl (C=O) groups is 1. The van der Waals surface area contributed by atoms with E-state index in [-0.39, 0.29) is 11.1 Å². The van der Waals surface area contributed by atoms with Gasteiger partial charge in [0.25, 0.3) is 0 Å². The molecule has 1 aromatic rings. The van der Waals surface area contributed by atoms with E-state index in [1.165, 1.54) is 25.1 Å². The first kappa shape index (κ1) is 13.6. The predicted molar refractivity (Wildman–Crippen MR) is 64.1 cm³/mol. The summed E-state index contributed by atoms with van der Waals surface area (Å²) in [6.45, 7) is 5.31. The third-order valence-corrected chi connectivity index (χ3v) is 2.78. The summed E-state index contributed by atoms with van der Waals surface area (Å²) in [6, 6.07) is 2.74. The fraction of sp³-hybridized carbons (Fsp3) is 0.357. The molecule has 0 spiro atoms. The van der Waals surface area contributed by atoms with Gasteiger partial charge in [-0.1, -0.05) is 25.5 Å². The molecule has 1 aromatic carbocycles. The summed E-state index contributed by atoms with van der Waals surface area (Å²) in [4.78, 5) is 11.8. The molecule has 3 heteroatoms. The minimum atomic E-state index is -1.06. The van der Waals surface area contributed by atoms with Crippen molar-refractivity contribution in [2.75, 3.05) is 0 Å². The van der Waals surface area contributed by atoms with E-state index < -0.39 is 17.4 Å². The van der Waals surface area contributed by atoms with Crippen molar-refractivity contribution in [2.24, 2.45) is 0 Å². The molecular formula is C14H16F2O. The molecule has 0 bridgehead atoms. The van der Waals surface area contributed by atoms with Crippen LogP contribution in [0, 0.1) is 18.6 Å². The molecule has 0 aliphatic rings. The third-order valence-electron chi connectivity index (χ3n) is 2.78. The van der Waals surface area contributed by atoms with Gasteiger partial charge in [0.15, 0.2) is 17.4 Å². The molecule has 0 amide bonds. The fourth-order valence-corrected chi connectivity index (χ4v) is 1.55. The van der Waals surface area contributed by atoms with Crippen LogP contribution in [-0.4, -0.2) is 5.78 Å². The molecule has 1 nitrogen and oxygen atoms in total. The van der Waals surface area contributed by atoms with Crippen LogP contribution in [0.1, 0.15) is 42.6 Å². The van der Waals surface area contributed by atoms with E-state index in [0.717, 1.165) is 18.4 Å². The highest BCUT2D eigenvalue weighted by Gasteiger charge is 2.15. The predicted octanol–water partition coefficient (Wildman–Crippen LogP) is 4.20. The summed E-state index contributed by atoms with van der Waals surface area (Å²) < 4.78 is 26.9. The average molecular weight is 238 g/mol. The van der Waals surface area contributed by atoms with E-state index in [2.05, 4.69) is 0 Å². The van der Waals surface area contributed by atoms with Gasteiger partial charge in [0.1, 0.15) is 0 Å². The van der Waals surface area contributed by atoms with E-state index in [4.69, 9.17) is 0 Å². The van der Waals surface area contributed by atoms with Crippen molar-refractivity contribution in [3.63, 3.8) is 0 Å². The summed E-state index contributed by atoms with van der Waals surface area (Å²) in [5, 5.41) is 0. The van der Waals surface area contributed by atoms with Crippen LogP contribution in [0.5, 0.6) is 0 Å². The molecule has 0 unspecified atom stereocenters. The average Bonchev–Trinajstić information content (AvgIpc) is 2.32. The van der Waals surface area contributed by atoms with Crippen LogP contribution in [0.2, 0.25) is 0 Å². The first-order valence-electron chi connectivity index (χ1n) is 5.69. The Balaban J connectivity index is 3.14. The first-order valence-corrected chi connectivity index (χ1v) is 5.69. The Kier molecular flexibility index (Phi) is 4.55. The van der Waals surface area contributed by atoms with Crippen LogP contribution >= 0.6 is 0 Å². The molecule has 1 rings (SSSR count). The molecule has 17 heavy (non-hydrogen) atoms. The highest BCUT2D eigenvalue weighted by Crippen LogP contribution is 2.17. The lowest BCUT2D eigenvalue weighted by Gasteiger charge is -2.04. The molecule has 0 atom stereocenters. The van der Waals surface area contributed by atoms with Crippen molar-refractivity contribution < 1.29 is 13.6 Å². The summed E-state index contributed by atoms with van der Waals surface area (Å²) in [5.74, 6) is -2.48. The summed E-state index contributed by atoms with van der Waals surface area (Å²) in [5.41, 5.74) is 0.928. The van der Waals surface area contributed by atoms with Gasteiger partial charge in [-0.15, -0.1) is 0 Å². The first-order chi connectivity index (χ1) is 8.01. The van der Waals surface area contributed by atoms with Crippen molar-refractivity contribution in [1.82, 2.24) is 0 Å².